The number of carbonyl (C=O) groups excluding carboxylic acids is 5. The average molecular weight is 499 g/mol. The Morgan fingerprint density at radius 3 is 2.29 bits per heavy atom. The van der Waals surface area contributed by atoms with Crippen molar-refractivity contribution in [3.63, 3.8) is 0 Å². The van der Waals surface area contributed by atoms with E-state index in [2.05, 4.69) is 5.32 Å². The molecule has 4 amide bonds. The fraction of sp³-hybridized carbons (Fsp3) is 0.792. The maximum atomic E-state index is 12.6. The Morgan fingerprint density at radius 1 is 1.12 bits per heavy atom. The third-order valence-electron chi connectivity index (χ3n) is 5.63. The zero-order chi connectivity index (χ0) is 26.1. The van der Waals surface area contributed by atoms with E-state index < -0.39 is 11.6 Å². The molecule has 0 bridgehead atoms. The molecule has 0 aromatic carbocycles. The lowest BCUT2D eigenvalue weighted by Gasteiger charge is -2.30. The largest absolute Gasteiger partial charge is 0.353 e. The van der Waals surface area contributed by atoms with Crippen LogP contribution in [-0.4, -0.2) is 101 Å². The molecule has 0 aromatic heterocycles. The van der Waals surface area contributed by atoms with E-state index in [0.29, 0.717) is 25.9 Å². The zero-order valence-electron chi connectivity index (χ0n) is 21.8. The molecule has 0 aliphatic carbocycles. The summed E-state index contributed by atoms with van der Waals surface area (Å²) in [6, 6.07) is -0.806. The van der Waals surface area contributed by atoms with Gasteiger partial charge in [0.1, 0.15) is 11.8 Å². The van der Waals surface area contributed by atoms with Crippen LogP contribution < -0.4 is 5.32 Å². The van der Waals surface area contributed by atoms with Crippen molar-refractivity contribution < 1.29 is 24.0 Å². The minimum Gasteiger partial charge on any atom is -0.353 e. The summed E-state index contributed by atoms with van der Waals surface area (Å²) < 4.78 is 0. The number of amides is 4. The number of nitrogens with one attached hydrogen (secondary N) is 1. The molecule has 0 aromatic rings. The molecule has 1 aliphatic rings. The number of likely N-dealkylation sites (N-methyl/N-ethyl adjacent to an activating group) is 2. The second kappa shape index (κ2) is 13.8. The molecular formula is C24H42N4O5S. The Balaban J connectivity index is 2.41. The molecule has 1 saturated heterocycles. The highest BCUT2D eigenvalue weighted by Gasteiger charge is 2.44. The van der Waals surface area contributed by atoms with Crippen molar-refractivity contribution in [2.75, 3.05) is 40.0 Å². The number of unbranched alkanes of at least 4 members (excludes halogenated alkanes) is 2. The summed E-state index contributed by atoms with van der Waals surface area (Å²) in [6.07, 6.45) is 2.82. The number of Topliss-reactive ketones (excluding diaryl/α,β-unsaturated/α-hetero) is 1. The number of likely N-dealkylation sites (tertiary alicyclic amines) is 1. The summed E-state index contributed by atoms with van der Waals surface area (Å²) in [7, 11) is 5.37. The van der Waals surface area contributed by atoms with E-state index in [0.717, 1.165) is 18.6 Å². The Kier molecular flexibility index (Phi) is 12.2. The SMILES string of the molecule is CC(=O)C[C@@H](C(=O)NCCN(C)C)N(C)C(=O)CCCCCSC1CC(=O)N(C(C)(C)C)C1=O. The van der Waals surface area contributed by atoms with Crippen molar-refractivity contribution in [1.29, 1.82) is 0 Å². The van der Waals surface area contributed by atoms with Crippen LogP contribution in [0.4, 0.5) is 0 Å². The molecule has 1 unspecified atom stereocenters. The number of rotatable bonds is 14. The monoisotopic (exact) mass is 498 g/mol. The number of hydrogen-bond acceptors (Lipinski definition) is 7. The van der Waals surface area contributed by atoms with E-state index in [1.807, 2.05) is 39.8 Å². The molecule has 2 atom stereocenters. The van der Waals surface area contributed by atoms with E-state index >= 15 is 0 Å². The van der Waals surface area contributed by atoms with Gasteiger partial charge in [-0.1, -0.05) is 6.42 Å². The Hall–Kier alpha value is -1.94. The quantitative estimate of drug-likeness (QED) is 0.287. The summed E-state index contributed by atoms with van der Waals surface area (Å²) in [4.78, 5) is 66.2. The van der Waals surface area contributed by atoms with Gasteiger partial charge in [-0.15, -0.1) is 11.8 Å². The summed E-state index contributed by atoms with van der Waals surface area (Å²) in [6.45, 7) is 8.11. The first-order valence-electron chi connectivity index (χ1n) is 11.9. The smallest absolute Gasteiger partial charge is 0.243 e. The van der Waals surface area contributed by atoms with E-state index in [4.69, 9.17) is 0 Å². The van der Waals surface area contributed by atoms with Crippen LogP contribution in [0.15, 0.2) is 0 Å². The summed E-state index contributed by atoms with van der Waals surface area (Å²) in [5.74, 6) is -0.112. The van der Waals surface area contributed by atoms with E-state index in [9.17, 15) is 24.0 Å². The predicted octanol–water partition coefficient (Wildman–Crippen LogP) is 1.69. The number of thioether (sulfide) groups is 1. The van der Waals surface area contributed by atoms with Gasteiger partial charge >= 0.3 is 0 Å². The second-order valence-corrected chi connectivity index (χ2v) is 11.4. The number of nitrogens with zero attached hydrogens (tertiary/aromatic N) is 3. The third kappa shape index (κ3) is 9.74. The number of hydrogen-bond donors (Lipinski definition) is 1. The van der Waals surface area contributed by atoms with Gasteiger partial charge in [-0.05, 0) is 60.4 Å². The van der Waals surface area contributed by atoms with Crippen LogP contribution >= 0.6 is 11.8 Å². The molecule has 0 radical (unpaired) electrons. The molecule has 0 saturated carbocycles. The Bertz CT molecular complexity index is 750. The van der Waals surface area contributed by atoms with Gasteiger partial charge in [-0.2, -0.15) is 0 Å². The van der Waals surface area contributed by atoms with Crippen molar-refractivity contribution in [2.45, 2.75) is 83.1 Å². The Labute approximate surface area is 208 Å². The van der Waals surface area contributed by atoms with Crippen LogP contribution in [0.1, 0.15) is 66.2 Å². The van der Waals surface area contributed by atoms with Crippen molar-refractivity contribution in [1.82, 2.24) is 20.0 Å². The first-order chi connectivity index (χ1) is 15.8. The van der Waals surface area contributed by atoms with Crippen LogP contribution in [0, 0.1) is 0 Å². The highest BCUT2D eigenvalue weighted by atomic mass is 32.2. The standard InChI is InChI=1S/C24H42N4O5S/c1-17(29)15-18(22(32)25-12-13-26(5)6)27(7)20(30)11-9-8-10-14-34-19-16-21(31)28(23(19)33)24(2,3)4/h18-19H,8-16H2,1-7H3,(H,25,32)/t18-,19?/m0/s1. The maximum absolute atomic E-state index is 12.6. The molecule has 1 fully saturated rings. The van der Waals surface area contributed by atoms with Crippen LogP contribution in [0.3, 0.4) is 0 Å². The first-order valence-corrected chi connectivity index (χ1v) is 13.0. The van der Waals surface area contributed by atoms with Gasteiger partial charge in [-0.3, -0.25) is 28.9 Å². The minimum absolute atomic E-state index is 0.00754. The third-order valence-corrected chi connectivity index (χ3v) is 6.93. The second-order valence-electron chi connectivity index (χ2n) is 10.1. The maximum Gasteiger partial charge on any atom is 0.243 e. The zero-order valence-corrected chi connectivity index (χ0v) is 22.6. The highest BCUT2D eigenvalue weighted by Crippen LogP contribution is 2.30. The van der Waals surface area contributed by atoms with Crippen molar-refractivity contribution >= 4 is 41.2 Å². The van der Waals surface area contributed by atoms with Gasteiger partial charge in [-0.25, -0.2) is 0 Å². The van der Waals surface area contributed by atoms with E-state index in [-0.39, 0.29) is 47.5 Å². The summed E-state index contributed by atoms with van der Waals surface area (Å²) in [5, 5.41) is 2.48. The van der Waals surface area contributed by atoms with Gasteiger partial charge in [0.25, 0.3) is 0 Å². The van der Waals surface area contributed by atoms with Gasteiger partial charge in [0, 0.05) is 44.9 Å². The minimum atomic E-state index is -0.806. The Morgan fingerprint density at radius 2 is 1.76 bits per heavy atom. The van der Waals surface area contributed by atoms with Crippen LogP contribution in [0.5, 0.6) is 0 Å². The van der Waals surface area contributed by atoms with E-state index in [1.54, 1.807) is 7.05 Å². The molecule has 1 heterocycles. The molecule has 10 heteroatoms. The fourth-order valence-electron chi connectivity index (χ4n) is 3.77. The number of carbonyl (C=O) groups is 5. The number of ketones is 1. The summed E-state index contributed by atoms with van der Waals surface area (Å²) >= 11 is 1.50. The lowest BCUT2D eigenvalue weighted by Crippen LogP contribution is -2.49. The first kappa shape index (κ1) is 30.1. The molecule has 194 valence electrons. The normalized spacial score (nSPS) is 17.3. The van der Waals surface area contributed by atoms with Crippen molar-refractivity contribution in [3.8, 4) is 0 Å². The molecule has 0 spiro atoms. The van der Waals surface area contributed by atoms with Crippen LogP contribution in [0.2, 0.25) is 0 Å². The molecule has 1 N–H and O–H groups in total. The molecule has 1 rings (SSSR count). The summed E-state index contributed by atoms with van der Waals surface area (Å²) in [5.41, 5.74) is -0.501. The average Bonchev–Trinajstić information content (AvgIpc) is 3.00. The lowest BCUT2D eigenvalue weighted by molar-refractivity contribution is -0.143. The molecule has 9 nitrogen and oxygen atoms in total. The topological polar surface area (TPSA) is 107 Å². The number of imide groups is 1. The van der Waals surface area contributed by atoms with Crippen molar-refractivity contribution in [2.24, 2.45) is 0 Å². The molecule has 34 heavy (non-hydrogen) atoms. The van der Waals surface area contributed by atoms with E-state index in [1.165, 1.54) is 28.5 Å². The van der Waals surface area contributed by atoms with Crippen LogP contribution in [-0.2, 0) is 24.0 Å². The van der Waals surface area contributed by atoms with Gasteiger partial charge < -0.3 is 15.1 Å². The fourth-order valence-corrected chi connectivity index (χ4v) is 4.93. The van der Waals surface area contributed by atoms with Crippen molar-refractivity contribution in [3.05, 3.63) is 0 Å². The van der Waals surface area contributed by atoms with Gasteiger partial charge in [0.2, 0.25) is 23.6 Å². The predicted molar refractivity (Wildman–Crippen MR) is 134 cm³/mol. The van der Waals surface area contributed by atoms with Gasteiger partial charge in [0.15, 0.2) is 0 Å². The van der Waals surface area contributed by atoms with Gasteiger partial charge in [0.05, 0.1) is 5.25 Å². The molecular weight excluding hydrogens is 456 g/mol. The van der Waals surface area contributed by atoms with Crippen LogP contribution in [0.25, 0.3) is 0 Å². The molecule has 1 aliphatic heterocycles. The lowest BCUT2D eigenvalue weighted by atomic mass is 10.1. The highest BCUT2D eigenvalue weighted by molar-refractivity contribution is 8.00.